The summed E-state index contributed by atoms with van der Waals surface area (Å²) in [5.74, 6) is 1.42. The van der Waals surface area contributed by atoms with E-state index >= 15 is 0 Å². The second-order valence-corrected chi connectivity index (χ2v) is 6.01. The highest BCUT2D eigenvalue weighted by atomic mass is 16.6. The van der Waals surface area contributed by atoms with Crippen LogP contribution in [0.25, 0.3) is 11.0 Å². The lowest BCUT2D eigenvalue weighted by Crippen LogP contribution is -2.30. The number of rotatable bonds is 4. The van der Waals surface area contributed by atoms with Crippen LogP contribution in [0, 0.1) is 0 Å². The fourth-order valence-electron chi connectivity index (χ4n) is 2.95. The lowest BCUT2D eigenvalue weighted by atomic mass is 10.2. The van der Waals surface area contributed by atoms with Gasteiger partial charge in [0.05, 0.1) is 17.4 Å². The van der Waals surface area contributed by atoms with Crippen molar-refractivity contribution in [3.8, 4) is 11.5 Å². The van der Waals surface area contributed by atoms with Crippen LogP contribution in [0.1, 0.15) is 18.5 Å². The van der Waals surface area contributed by atoms with Crippen molar-refractivity contribution < 1.29 is 14.3 Å². The Balaban J connectivity index is 1.45. The Hall–Kier alpha value is -3.02. The number of imidazole rings is 1. The summed E-state index contributed by atoms with van der Waals surface area (Å²) in [6.45, 7) is 3.42. The van der Waals surface area contributed by atoms with E-state index in [9.17, 15) is 4.79 Å². The summed E-state index contributed by atoms with van der Waals surface area (Å²) < 4.78 is 13.0. The minimum absolute atomic E-state index is 0.0574. The lowest BCUT2D eigenvalue weighted by Gasteiger charge is -2.19. The zero-order valence-corrected chi connectivity index (χ0v) is 13.9. The second kappa shape index (κ2) is 6.47. The maximum Gasteiger partial charge on any atom is 0.243 e. The molecule has 0 fully saturated rings. The smallest absolute Gasteiger partial charge is 0.243 e. The molecule has 1 unspecified atom stereocenters. The molecule has 1 aromatic heterocycles. The Labute approximate surface area is 145 Å². The first-order valence-electron chi connectivity index (χ1n) is 8.30. The molecule has 6 heteroatoms. The Morgan fingerprint density at radius 2 is 2.00 bits per heavy atom. The van der Waals surface area contributed by atoms with Gasteiger partial charge in [-0.15, -0.1) is 0 Å². The summed E-state index contributed by atoms with van der Waals surface area (Å²) in [4.78, 5) is 16.9. The lowest BCUT2D eigenvalue weighted by molar-refractivity contribution is -0.123. The molecule has 128 valence electrons. The molecule has 0 saturated carbocycles. The number of nitrogens with zero attached hydrogens (tertiary/aromatic N) is 2. The van der Waals surface area contributed by atoms with Gasteiger partial charge in [0.25, 0.3) is 0 Å². The van der Waals surface area contributed by atoms with Crippen molar-refractivity contribution in [1.29, 1.82) is 0 Å². The first-order valence-corrected chi connectivity index (χ1v) is 8.30. The summed E-state index contributed by atoms with van der Waals surface area (Å²) in [6, 6.07) is 13.2. The minimum Gasteiger partial charge on any atom is -0.486 e. The van der Waals surface area contributed by atoms with Gasteiger partial charge in [0.15, 0.2) is 11.5 Å². The number of amides is 1. The summed E-state index contributed by atoms with van der Waals surface area (Å²) in [6.07, 6.45) is 1.71. The van der Waals surface area contributed by atoms with Crippen molar-refractivity contribution in [2.45, 2.75) is 19.5 Å². The first-order chi connectivity index (χ1) is 12.2. The van der Waals surface area contributed by atoms with Crippen LogP contribution in [0.2, 0.25) is 0 Å². The Kier molecular flexibility index (Phi) is 4.01. The van der Waals surface area contributed by atoms with Gasteiger partial charge >= 0.3 is 0 Å². The molecule has 1 N–H and O–H groups in total. The van der Waals surface area contributed by atoms with Gasteiger partial charge in [-0.2, -0.15) is 0 Å². The highest BCUT2D eigenvalue weighted by molar-refractivity contribution is 5.83. The minimum atomic E-state index is -0.343. The number of ether oxygens (including phenoxy) is 2. The van der Waals surface area contributed by atoms with E-state index in [0.29, 0.717) is 19.8 Å². The molecule has 6 nitrogen and oxygen atoms in total. The first kappa shape index (κ1) is 15.5. The van der Waals surface area contributed by atoms with Gasteiger partial charge in [-0.25, -0.2) is 4.98 Å². The van der Waals surface area contributed by atoms with Crippen molar-refractivity contribution in [1.82, 2.24) is 14.9 Å². The third kappa shape index (κ3) is 3.03. The topological polar surface area (TPSA) is 65.4 Å². The molecule has 1 aliphatic heterocycles. The van der Waals surface area contributed by atoms with E-state index in [1.165, 1.54) is 0 Å². The van der Waals surface area contributed by atoms with Gasteiger partial charge in [0.1, 0.15) is 19.3 Å². The standard InChI is InChI=1S/C19H19N3O3/c1-13(22-12-21-15-4-2-3-5-16(15)22)19(23)20-11-14-6-7-17-18(10-14)25-9-8-24-17/h2-7,10,12-13H,8-9,11H2,1H3,(H,20,23). The molecular weight excluding hydrogens is 318 g/mol. The number of hydrogen-bond acceptors (Lipinski definition) is 4. The number of aromatic nitrogens is 2. The van der Waals surface area contributed by atoms with E-state index in [1.807, 2.05) is 54.0 Å². The van der Waals surface area contributed by atoms with Crippen molar-refractivity contribution in [2.24, 2.45) is 0 Å². The Morgan fingerprint density at radius 1 is 1.20 bits per heavy atom. The summed E-state index contributed by atoms with van der Waals surface area (Å²) >= 11 is 0. The van der Waals surface area contributed by atoms with Crippen LogP contribution in [0.4, 0.5) is 0 Å². The molecular formula is C19H19N3O3. The van der Waals surface area contributed by atoms with Gasteiger partial charge in [0.2, 0.25) is 5.91 Å². The van der Waals surface area contributed by atoms with Crippen LogP contribution < -0.4 is 14.8 Å². The number of carbonyl (C=O) groups excluding carboxylic acids is 1. The van der Waals surface area contributed by atoms with Crippen molar-refractivity contribution in [2.75, 3.05) is 13.2 Å². The van der Waals surface area contributed by atoms with E-state index in [-0.39, 0.29) is 11.9 Å². The third-order valence-electron chi connectivity index (χ3n) is 4.35. The molecule has 0 bridgehead atoms. The van der Waals surface area contributed by atoms with E-state index in [1.54, 1.807) is 6.33 Å². The fraction of sp³-hybridized carbons (Fsp3) is 0.263. The molecule has 0 radical (unpaired) electrons. The average molecular weight is 337 g/mol. The van der Waals surface area contributed by atoms with Crippen LogP contribution in [-0.4, -0.2) is 28.7 Å². The Morgan fingerprint density at radius 3 is 2.88 bits per heavy atom. The zero-order valence-electron chi connectivity index (χ0n) is 13.9. The molecule has 25 heavy (non-hydrogen) atoms. The second-order valence-electron chi connectivity index (χ2n) is 6.01. The number of benzene rings is 2. The highest BCUT2D eigenvalue weighted by Gasteiger charge is 2.17. The predicted octanol–water partition coefficient (Wildman–Crippen LogP) is 2.68. The number of para-hydroxylation sites is 2. The maximum absolute atomic E-state index is 12.5. The summed E-state index contributed by atoms with van der Waals surface area (Å²) in [5.41, 5.74) is 2.80. The average Bonchev–Trinajstić information content (AvgIpc) is 3.09. The summed E-state index contributed by atoms with van der Waals surface area (Å²) in [5, 5.41) is 2.97. The van der Waals surface area contributed by atoms with Crippen LogP contribution in [0.5, 0.6) is 11.5 Å². The third-order valence-corrected chi connectivity index (χ3v) is 4.35. The fourth-order valence-corrected chi connectivity index (χ4v) is 2.95. The molecule has 1 aliphatic rings. The molecule has 1 atom stereocenters. The van der Waals surface area contributed by atoms with Crippen LogP contribution in [-0.2, 0) is 11.3 Å². The van der Waals surface area contributed by atoms with Gasteiger partial charge in [-0.3, -0.25) is 4.79 Å². The molecule has 2 heterocycles. The largest absolute Gasteiger partial charge is 0.486 e. The van der Waals surface area contributed by atoms with Gasteiger partial charge in [0, 0.05) is 6.54 Å². The van der Waals surface area contributed by atoms with E-state index in [2.05, 4.69) is 10.3 Å². The number of fused-ring (bicyclic) bond motifs is 2. The molecule has 0 saturated heterocycles. The normalized spacial score (nSPS) is 14.3. The molecule has 3 aromatic rings. The number of carbonyl (C=O) groups is 1. The molecule has 4 rings (SSSR count). The predicted molar refractivity (Wildman–Crippen MR) is 93.7 cm³/mol. The maximum atomic E-state index is 12.5. The van der Waals surface area contributed by atoms with Crippen molar-refractivity contribution >= 4 is 16.9 Å². The van der Waals surface area contributed by atoms with E-state index in [0.717, 1.165) is 28.1 Å². The number of hydrogen-bond donors (Lipinski definition) is 1. The SMILES string of the molecule is CC(C(=O)NCc1ccc2c(c1)OCCO2)n1cnc2ccccc21. The van der Waals surface area contributed by atoms with Crippen LogP contribution in [0.3, 0.4) is 0 Å². The Bertz CT molecular complexity index is 919. The highest BCUT2D eigenvalue weighted by Crippen LogP contribution is 2.30. The monoisotopic (exact) mass is 337 g/mol. The van der Waals surface area contributed by atoms with Gasteiger partial charge < -0.3 is 19.4 Å². The number of nitrogens with one attached hydrogen (secondary N) is 1. The van der Waals surface area contributed by atoms with Crippen molar-refractivity contribution in [3.63, 3.8) is 0 Å². The van der Waals surface area contributed by atoms with Crippen LogP contribution >= 0.6 is 0 Å². The molecule has 2 aromatic carbocycles. The van der Waals surface area contributed by atoms with E-state index < -0.39 is 0 Å². The van der Waals surface area contributed by atoms with Gasteiger partial charge in [-0.1, -0.05) is 18.2 Å². The van der Waals surface area contributed by atoms with Crippen LogP contribution in [0.15, 0.2) is 48.8 Å². The quantitative estimate of drug-likeness (QED) is 0.795. The summed E-state index contributed by atoms with van der Waals surface area (Å²) in [7, 11) is 0. The molecule has 0 spiro atoms. The van der Waals surface area contributed by atoms with E-state index in [4.69, 9.17) is 9.47 Å². The zero-order chi connectivity index (χ0) is 17.2. The van der Waals surface area contributed by atoms with Crippen molar-refractivity contribution in [3.05, 3.63) is 54.4 Å². The molecule has 1 amide bonds. The van der Waals surface area contributed by atoms with Gasteiger partial charge in [-0.05, 0) is 36.8 Å². The molecule has 0 aliphatic carbocycles.